The average Bonchev–Trinajstić information content (AvgIpc) is 2.91. The van der Waals surface area contributed by atoms with E-state index in [1.54, 1.807) is 36.4 Å². The molecule has 138 valence electrons. The smallest absolute Gasteiger partial charge is 0.293 e. The number of halogens is 2. The number of hydrogen-bond donors (Lipinski definition) is 1. The third-order valence-corrected chi connectivity index (χ3v) is 5.40. The highest BCUT2D eigenvalue weighted by molar-refractivity contribution is 9.10. The lowest BCUT2D eigenvalue weighted by molar-refractivity contribution is -0.122. The summed E-state index contributed by atoms with van der Waals surface area (Å²) in [6.45, 7) is 0.153. The Hall–Kier alpha value is -2.45. The van der Waals surface area contributed by atoms with Crippen molar-refractivity contribution in [3.05, 3.63) is 74.9 Å². The Morgan fingerprint density at radius 1 is 1.15 bits per heavy atom. The Labute approximate surface area is 167 Å². The van der Waals surface area contributed by atoms with Crippen LogP contribution in [0.2, 0.25) is 0 Å². The number of hydrogen-bond acceptors (Lipinski definition) is 4. The molecule has 2 aromatic carbocycles. The number of thioether (sulfide) groups is 1. The summed E-state index contributed by atoms with van der Waals surface area (Å²) in [5.74, 6) is -1.27. The fraction of sp³-hybridized carbons (Fsp3) is 0.105. The Morgan fingerprint density at radius 2 is 1.85 bits per heavy atom. The summed E-state index contributed by atoms with van der Waals surface area (Å²) in [6, 6.07) is 13.0. The maximum atomic E-state index is 13.7. The number of imide groups is 1. The first-order valence-electron chi connectivity index (χ1n) is 8.00. The SMILES string of the molecule is O=C(NCCN1C(=O)S/C(=C\c2ccccc2F)C1=O)c1ccccc1Br. The van der Waals surface area contributed by atoms with E-state index in [4.69, 9.17) is 0 Å². The topological polar surface area (TPSA) is 66.5 Å². The van der Waals surface area contributed by atoms with Gasteiger partial charge in [0, 0.05) is 23.1 Å². The molecule has 1 aliphatic rings. The van der Waals surface area contributed by atoms with Crippen LogP contribution in [0.5, 0.6) is 0 Å². The average molecular weight is 449 g/mol. The number of carbonyl (C=O) groups excluding carboxylic acids is 3. The first-order valence-corrected chi connectivity index (χ1v) is 9.61. The van der Waals surface area contributed by atoms with E-state index in [0.29, 0.717) is 10.0 Å². The highest BCUT2D eigenvalue weighted by atomic mass is 79.9. The molecule has 2 aromatic rings. The number of nitrogens with zero attached hydrogens (tertiary/aromatic N) is 1. The Bertz CT molecular complexity index is 948. The summed E-state index contributed by atoms with van der Waals surface area (Å²) in [6.07, 6.45) is 1.36. The molecule has 0 atom stereocenters. The lowest BCUT2D eigenvalue weighted by atomic mass is 10.2. The van der Waals surface area contributed by atoms with Crippen molar-refractivity contribution in [2.24, 2.45) is 0 Å². The maximum Gasteiger partial charge on any atom is 0.293 e. The molecule has 1 aliphatic heterocycles. The minimum Gasteiger partial charge on any atom is -0.350 e. The van der Waals surface area contributed by atoms with Crippen molar-refractivity contribution in [2.45, 2.75) is 0 Å². The third-order valence-electron chi connectivity index (χ3n) is 3.80. The number of benzene rings is 2. The Balaban J connectivity index is 1.62. The van der Waals surface area contributed by atoms with Crippen molar-refractivity contribution in [1.82, 2.24) is 10.2 Å². The fourth-order valence-electron chi connectivity index (χ4n) is 2.45. The molecule has 0 aliphatic carbocycles. The first kappa shape index (κ1) is 19.3. The molecule has 1 fully saturated rings. The molecule has 0 unspecified atom stereocenters. The number of nitrogens with one attached hydrogen (secondary N) is 1. The van der Waals surface area contributed by atoms with Crippen LogP contribution in [-0.2, 0) is 4.79 Å². The van der Waals surface area contributed by atoms with Crippen LogP contribution in [0.3, 0.4) is 0 Å². The lowest BCUT2D eigenvalue weighted by Gasteiger charge is -2.13. The van der Waals surface area contributed by atoms with Crippen molar-refractivity contribution in [2.75, 3.05) is 13.1 Å². The van der Waals surface area contributed by atoms with Gasteiger partial charge in [0.2, 0.25) is 0 Å². The molecule has 5 nitrogen and oxygen atoms in total. The van der Waals surface area contributed by atoms with E-state index >= 15 is 0 Å². The van der Waals surface area contributed by atoms with Gasteiger partial charge in [-0.1, -0.05) is 30.3 Å². The summed E-state index contributed by atoms with van der Waals surface area (Å²) < 4.78 is 14.4. The van der Waals surface area contributed by atoms with Gasteiger partial charge >= 0.3 is 0 Å². The molecule has 1 saturated heterocycles. The minimum absolute atomic E-state index is 0.0372. The van der Waals surface area contributed by atoms with Crippen LogP contribution in [0.15, 0.2) is 57.9 Å². The third kappa shape index (κ3) is 4.45. The molecule has 0 spiro atoms. The molecule has 1 heterocycles. The molecule has 1 N–H and O–H groups in total. The zero-order valence-electron chi connectivity index (χ0n) is 13.9. The van der Waals surface area contributed by atoms with Crippen LogP contribution in [-0.4, -0.2) is 35.0 Å². The second kappa shape index (κ2) is 8.49. The van der Waals surface area contributed by atoms with E-state index in [1.807, 2.05) is 0 Å². The van der Waals surface area contributed by atoms with E-state index in [0.717, 1.165) is 16.7 Å². The van der Waals surface area contributed by atoms with Crippen LogP contribution < -0.4 is 5.32 Å². The summed E-state index contributed by atoms with van der Waals surface area (Å²) in [5.41, 5.74) is 0.705. The molecule has 3 rings (SSSR count). The maximum absolute atomic E-state index is 13.7. The summed E-state index contributed by atoms with van der Waals surface area (Å²) >= 11 is 4.05. The lowest BCUT2D eigenvalue weighted by Crippen LogP contribution is -2.37. The Morgan fingerprint density at radius 3 is 2.59 bits per heavy atom. The van der Waals surface area contributed by atoms with E-state index < -0.39 is 17.0 Å². The molecule has 0 aromatic heterocycles. The van der Waals surface area contributed by atoms with Crippen LogP contribution in [0.1, 0.15) is 15.9 Å². The normalized spacial score (nSPS) is 15.5. The van der Waals surface area contributed by atoms with E-state index in [9.17, 15) is 18.8 Å². The predicted octanol–water partition coefficient (Wildman–Crippen LogP) is 4.05. The Kier molecular flexibility index (Phi) is 6.08. The first-order chi connectivity index (χ1) is 13.0. The van der Waals surface area contributed by atoms with Crippen molar-refractivity contribution in [3.63, 3.8) is 0 Å². The van der Waals surface area contributed by atoms with Crippen LogP contribution >= 0.6 is 27.7 Å². The molecule has 0 bridgehead atoms. The van der Waals surface area contributed by atoms with Gasteiger partial charge in [-0.05, 0) is 52.0 Å². The second-order valence-electron chi connectivity index (χ2n) is 5.59. The van der Waals surface area contributed by atoms with Crippen molar-refractivity contribution in [3.8, 4) is 0 Å². The van der Waals surface area contributed by atoms with Gasteiger partial charge in [0.05, 0.1) is 10.5 Å². The molecule has 8 heteroatoms. The quantitative estimate of drug-likeness (QED) is 0.700. The molecular weight excluding hydrogens is 435 g/mol. The zero-order valence-corrected chi connectivity index (χ0v) is 16.3. The summed E-state index contributed by atoms with van der Waals surface area (Å²) in [4.78, 5) is 37.8. The second-order valence-corrected chi connectivity index (χ2v) is 7.44. The zero-order chi connectivity index (χ0) is 19.4. The van der Waals surface area contributed by atoms with Crippen LogP contribution in [0.4, 0.5) is 9.18 Å². The van der Waals surface area contributed by atoms with Gasteiger partial charge in [-0.2, -0.15) is 0 Å². The minimum atomic E-state index is -0.497. The predicted molar refractivity (Wildman–Crippen MR) is 106 cm³/mol. The van der Waals surface area contributed by atoms with Crippen LogP contribution in [0, 0.1) is 5.82 Å². The molecule has 0 radical (unpaired) electrons. The molecule has 0 saturated carbocycles. The largest absolute Gasteiger partial charge is 0.350 e. The van der Waals surface area contributed by atoms with Gasteiger partial charge in [-0.25, -0.2) is 4.39 Å². The van der Waals surface area contributed by atoms with E-state index in [2.05, 4.69) is 21.2 Å². The number of carbonyl (C=O) groups is 3. The van der Waals surface area contributed by atoms with Crippen molar-refractivity contribution >= 4 is 50.8 Å². The monoisotopic (exact) mass is 448 g/mol. The number of rotatable bonds is 5. The standard InChI is InChI=1S/C19H14BrFN2O3S/c20-14-7-3-2-6-13(14)17(24)22-9-10-23-18(25)16(27-19(23)26)11-12-5-1-4-8-15(12)21/h1-8,11H,9-10H2,(H,22,24)/b16-11-. The van der Waals surface area contributed by atoms with Gasteiger partial charge in [0.25, 0.3) is 17.1 Å². The molecule has 3 amide bonds. The number of amides is 3. The van der Waals surface area contributed by atoms with Gasteiger partial charge in [-0.15, -0.1) is 0 Å². The highest BCUT2D eigenvalue weighted by Crippen LogP contribution is 2.32. The van der Waals surface area contributed by atoms with Gasteiger partial charge < -0.3 is 5.32 Å². The van der Waals surface area contributed by atoms with Crippen molar-refractivity contribution in [1.29, 1.82) is 0 Å². The fourth-order valence-corrected chi connectivity index (χ4v) is 3.77. The highest BCUT2D eigenvalue weighted by Gasteiger charge is 2.34. The van der Waals surface area contributed by atoms with Crippen LogP contribution in [0.25, 0.3) is 6.08 Å². The van der Waals surface area contributed by atoms with E-state index in [-0.39, 0.29) is 29.5 Å². The summed E-state index contributed by atoms with van der Waals surface area (Å²) in [7, 11) is 0. The van der Waals surface area contributed by atoms with E-state index in [1.165, 1.54) is 18.2 Å². The van der Waals surface area contributed by atoms with Gasteiger partial charge in [0.15, 0.2) is 0 Å². The van der Waals surface area contributed by atoms with Gasteiger partial charge in [-0.3, -0.25) is 19.3 Å². The molecule has 27 heavy (non-hydrogen) atoms. The summed E-state index contributed by atoms with van der Waals surface area (Å²) in [5, 5.41) is 2.23. The molecular formula is C19H14BrFN2O3S. The van der Waals surface area contributed by atoms with Crippen molar-refractivity contribution < 1.29 is 18.8 Å². The van der Waals surface area contributed by atoms with Gasteiger partial charge in [0.1, 0.15) is 5.82 Å².